The molecular formula is C13H20ClNO2. The van der Waals surface area contributed by atoms with Crippen LogP contribution in [0.2, 0.25) is 0 Å². The van der Waals surface area contributed by atoms with Crippen molar-refractivity contribution < 1.29 is 9.47 Å². The van der Waals surface area contributed by atoms with Crippen LogP contribution in [0.15, 0.2) is 18.2 Å². The van der Waals surface area contributed by atoms with Crippen LogP contribution in [0, 0.1) is 5.92 Å². The average molecular weight is 258 g/mol. The summed E-state index contributed by atoms with van der Waals surface area (Å²) in [6.07, 6.45) is 3.77. The standard InChI is InChI=1S/C13H19NO2.ClH/c1-15-10-6-7-11(12(8-10)16-2)13(14)9-4-3-5-9;/h6-9,13H,3-5,14H2,1-2H3;1H/t13-;/m0./s1. The van der Waals surface area contributed by atoms with E-state index in [2.05, 4.69) is 0 Å². The molecule has 0 bridgehead atoms. The van der Waals surface area contributed by atoms with Crippen molar-refractivity contribution in [2.75, 3.05) is 14.2 Å². The molecule has 0 spiro atoms. The van der Waals surface area contributed by atoms with E-state index in [1.165, 1.54) is 19.3 Å². The maximum atomic E-state index is 6.25. The Kier molecular flexibility index (Phi) is 5.09. The zero-order chi connectivity index (χ0) is 11.5. The van der Waals surface area contributed by atoms with Gasteiger partial charge in [-0.1, -0.05) is 12.5 Å². The van der Waals surface area contributed by atoms with Gasteiger partial charge in [0.25, 0.3) is 0 Å². The summed E-state index contributed by atoms with van der Waals surface area (Å²) in [5.74, 6) is 2.25. The molecule has 4 heteroatoms. The molecule has 2 N–H and O–H groups in total. The van der Waals surface area contributed by atoms with E-state index in [-0.39, 0.29) is 18.4 Å². The topological polar surface area (TPSA) is 44.5 Å². The van der Waals surface area contributed by atoms with Gasteiger partial charge < -0.3 is 15.2 Å². The van der Waals surface area contributed by atoms with Crippen molar-refractivity contribution in [2.24, 2.45) is 11.7 Å². The molecular weight excluding hydrogens is 238 g/mol. The van der Waals surface area contributed by atoms with Crippen LogP contribution in [0.25, 0.3) is 0 Å². The predicted octanol–water partition coefficient (Wildman–Crippen LogP) is 2.93. The second-order valence-electron chi connectivity index (χ2n) is 4.32. The number of methoxy groups -OCH3 is 2. The van der Waals surface area contributed by atoms with Crippen molar-refractivity contribution in [2.45, 2.75) is 25.3 Å². The molecule has 0 radical (unpaired) electrons. The fourth-order valence-electron chi connectivity index (χ4n) is 2.15. The molecule has 1 fully saturated rings. The van der Waals surface area contributed by atoms with Crippen LogP contribution < -0.4 is 15.2 Å². The zero-order valence-electron chi connectivity index (χ0n) is 10.3. The number of ether oxygens (including phenoxy) is 2. The minimum Gasteiger partial charge on any atom is -0.497 e. The summed E-state index contributed by atoms with van der Waals surface area (Å²) >= 11 is 0. The van der Waals surface area contributed by atoms with Gasteiger partial charge in [-0.25, -0.2) is 0 Å². The van der Waals surface area contributed by atoms with Crippen molar-refractivity contribution in [3.05, 3.63) is 23.8 Å². The molecule has 1 saturated carbocycles. The summed E-state index contributed by atoms with van der Waals surface area (Å²) in [6, 6.07) is 5.94. The first kappa shape index (κ1) is 14.1. The van der Waals surface area contributed by atoms with E-state index in [0.29, 0.717) is 5.92 Å². The van der Waals surface area contributed by atoms with E-state index >= 15 is 0 Å². The van der Waals surface area contributed by atoms with Gasteiger partial charge in [0.15, 0.2) is 0 Å². The van der Waals surface area contributed by atoms with Crippen LogP contribution >= 0.6 is 12.4 Å². The lowest BCUT2D eigenvalue weighted by Gasteiger charge is -2.32. The molecule has 2 rings (SSSR count). The highest BCUT2D eigenvalue weighted by atomic mass is 35.5. The molecule has 1 aliphatic carbocycles. The Bertz CT molecular complexity index is 366. The van der Waals surface area contributed by atoms with Crippen LogP contribution in [0.1, 0.15) is 30.9 Å². The molecule has 0 aliphatic heterocycles. The first-order chi connectivity index (χ1) is 7.76. The fourth-order valence-corrected chi connectivity index (χ4v) is 2.15. The quantitative estimate of drug-likeness (QED) is 0.902. The maximum Gasteiger partial charge on any atom is 0.127 e. The molecule has 1 aromatic rings. The van der Waals surface area contributed by atoms with Gasteiger partial charge in [0.2, 0.25) is 0 Å². The Morgan fingerprint density at radius 2 is 1.94 bits per heavy atom. The van der Waals surface area contributed by atoms with E-state index in [1.807, 2.05) is 18.2 Å². The van der Waals surface area contributed by atoms with Crippen molar-refractivity contribution in [1.29, 1.82) is 0 Å². The van der Waals surface area contributed by atoms with Gasteiger partial charge in [0.1, 0.15) is 11.5 Å². The van der Waals surface area contributed by atoms with Gasteiger partial charge in [0.05, 0.1) is 14.2 Å². The Labute approximate surface area is 109 Å². The maximum absolute atomic E-state index is 6.25. The summed E-state index contributed by atoms with van der Waals surface area (Å²) in [7, 11) is 3.33. The zero-order valence-corrected chi connectivity index (χ0v) is 11.1. The van der Waals surface area contributed by atoms with E-state index in [4.69, 9.17) is 15.2 Å². The second-order valence-corrected chi connectivity index (χ2v) is 4.32. The lowest BCUT2D eigenvalue weighted by atomic mass is 9.77. The Morgan fingerprint density at radius 3 is 2.41 bits per heavy atom. The molecule has 0 aromatic heterocycles. The highest BCUT2D eigenvalue weighted by Gasteiger charge is 2.27. The smallest absolute Gasteiger partial charge is 0.127 e. The van der Waals surface area contributed by atoms with Crippen molar-refractivity contribution in [3.8, 4) is 11.5 Å². The Morgan fingerprint density at radius 1 is 1.24 bits per heavy atom. The summed E-state index contributed by atoms with van der Waals surface area (Å²) in [5.41, 5.74) is 7.34. The van der Waals surface area contributed by atoms with E-state index in [9.17, 15) is 0 Å². The number of nitrogens with two attached hydrogens (primary N) is 1. The van der Waals surface area contributed by atoms with Crippen molar-refractivity contribution in [3.63, 3.8) is 0 Å². The Hall–Kier alpha value is -0.930. The van der Waals surface area contributed by atoms with Crippen LogP contribution in [0.5, 0.6) is 11.5 Å². The van der Waals surface area contributed by atoms with Crippen LogP contribution in [-0.4, -0.2) is 14.2 Å². The van der Waals surface area contributed by atoms with Crippen LogP contribution in [-0.2, 0) is 0 Å². The molecule has 1 aliphatic rings. The van der Waals surface area contributed by atoms with Crippen molar-refractivity contribution in [1.82, 2.24) is 0 Å². The Balaban J connectivity index is 0.00000144. The highest BCUT2D eigenvalue weighted by molar-refractivity contribution is 5.85. The third-order valence-corrected chi connectivity index (χ3v) is 3.46. The molecule has 1 atom stereocenters. The largest absolute Gasteiger partial charge is 0.497 e. The van der Waals surface area contributed by atoms with E-state index in [0.717, 1.165) is 17.1 Å². The highest BCUT2D eigenvalue weighted by Crippen LogP contribution is 2.40. The van der Waals surface area contributed by atoms with E-state index < -0.39 is 0 Å². The minimum atomic E-state index is 0. The van der Waals surface area contributed by atoms with Gasteiger partial charge >= 0.3 is 0 Å². The number of hydrogen-bond acceptors (Lipinski definition) is 3. The van der Waals surface area contributed by atoms with E-state index in [1.54, 1.807) is 14.2 Å². The summed E-state index contributed by atoms with van der Waals surface area (Å²) in [6.45, 7) is 0. The fraction of sp³-hybridized carbons (Fsp3) is 0.538. The molecule has 0 unspecified atom stereocenters. The van der Waals surface area contributed by atoms with Crippen molar-refractivity contribution >= 4 is 12.4 Å². The SMILES string of the molecule is COc1ccc([C@@H](N)C2CCC2)c(OC)c1.Cl. The van der Waals surface area contributed by atoms with Gasteiger partial charge in [-0.15, -0.1) is 12.4 Å². The number of rotatable bonds is 4. The second kappa shape index (κ2) is 6.12. The molecule has 0 saturated heterocycles. The molecule has 96 valence electrons. The minimum absolute atomic E-state index is 0. The van der Waals surface area contributed by atoms with Crippen LogP contribution in [0.4, 0.5) is 0 Å². The van der Waals surface area contributed by atoms with Gasteiger partial charge in [0, 0.05) is 17.7 Å². The number of hydrogen-bond donors (Lipinski definition) is 1. The van der Waals surface area contributed by atoms with Crippen LogP contribution in [0.3, 0.4) is 0 Å². The number of halogens is 1. The normalized spacial score (nSPS) is 16.6. The summed E-state index contributed by atoms with van der Waals surface area (Å²) < 4.78 is 10.5. The average Bonchev–Trinajstić information content (AvgIpc) is 2.25. The third kappa shape index (κ3) is 2.85. The van der Waals surface area contributed by atoms with Gasteiger partial charge in [-0.2, -0.15) is 0 Å². The molecule has 0 amide bonds. The third-order valence-electron chi connectivity index (χ3n) is 3.46. The van der Waals surface area contributed by atoms with Gasteiger partial charge in [-0.3, -0.25) is 0 Å². The summed E-state index contributed by atoms with van der Waals surface area (Å²) in [4.78, 5) is 0. The molecule has 0 heterocycles. The molecule has 1 aromatic carbocycles. The molecule has 17 heavy (non-hydrogen) atoms. The number of benzene rings is 1. The van der Waals surface area contributed by atoms with Gasteiger partial charge in [-0.05, 0) is 24.8 Å². The lowest BCUT2D eigenvalue weighted by molar-refractivity contribution is 0.259. The summed E-state index contributed by atoms with van der Waals surface area (Å²) in [5, 5.41) is 0. The lowest BCUT2D eigenvalue weighted by Crippen LogP contribution is -2.27. The first-order valence-electron chi connectivity index (χ1n) is 5.73. The first-order valence-corrected chi connectivity index (χ1v) is 5.73. The predicted molar refractivity (Wildman–Crippen MR) is 71.1 cm³/mol. The monoisotopic (exact) mass is 257 g/mol. The molecule has 3 nitrogen and oxygen atoms in total.